The third-order valence-electron chi connectivity index (χ3n) is 4.90. The van der Waals surface area contributed by atoms with Crippen LogP contribution in [0.2, 0.25) is 0 Å². The minimum absolute atomic E-state index is 0.561. The van der Waals surface area contributed by atoms with Crippen LogP contribution in [0.15, 0.2) is 54.9 Å². The van der Waals surface area contributed by atoms with Crippen molar-refractivity contribution in [3.05, 3.63) is 66.0 Å². The van der Waals surface area contributed by atoms with E-state index in [2.05, 4.69) is 59.3 Å². The number of hydrogen-bond donors (Lipinski definition) is 0. The summed E-state index contributed by atoms with van der Waals surface area (Å²) < 4.78 is 0. The van der Waals surface area contributed by atoms with Crippen molar-refractivity contribution < 1.29 is 0 Å². The molecule has 2 heteroatoms. The molecule has 1 fully saturated rings. The van der Waals surface area contributed by atoms with Crippen molar-refractivity contribution in [1.82, 2.24) is 9.88 Å². The van der Waals surface area contributed by atoms with Gasteiger partial charge in [0.2, 0.25) is 0 Å². The summed E-state index contributed by atoms with van der Waals surface area (Å²) in [6.07, 6.45) is 9.07. The number of aromatic nitrogens is 1. The fourth-order valence-electron chi connectivity index (χ4n) is 3.52. The highest BCUT2D eigenvalue weighted by Gasteiger charge is 2.24. The lowest BCUT2D eigenvalue weighted by molar-refractivity contribution is 0.144. The Balaban J connectivity index is 1.62. The Morgan fingerprint density at radius 2 is 2.00 bits per heavy atom. The molecule has 0 bridgehead atoms. The fourth-order valence-corrected chi connectivity index (χ4v) is 3.52. The van der Waals surface area contributed by atoms with Gasteiger partial charge in [0.1, 0.15) is 0 Å². The highest BCUT2D eigenvalue weighted by molar-refractivity contribution is 5.19. The zero-order valence-electron chi connectivity index (χ0n) is 13.5. The van der Waals surface area contributed by atoms with E-state index in [9.17, 15) is 0 Å². The molecule has 1 aliphatic heterocycles. The maximum atomic E-state index is 4.31. The lowest BCUT2D eigenvalue weighted by Crippen LogP contribution is -2.34. The van der Waals surface area contributed by atoms with Gasteiger partial charge in [0, 0.05) is 18.4 Å². The van der Waals surface area contributed by atoms with Crippen molar-refractivity contribution in [3.8, 4) is 0 Å². The van der Waals surface area contributed by atoms with E-state index < -0.39 is 0 Å². The summed E-state index contributed by atoms with van der Waals surface area (Å²) in [5.41, 5.74) is 2.84. The van der Waals surface area contributed by atoms with Crippen LogP contribution in [0.3, 0.4) is 0 Å². The molecule has 22 heavy (non-hydrogen) atoms. The van der Waals surface area contributed by atoms with Crippen molar-refractivity contribution in [2.75, 3.05) is 13.1 Å². The normalized spacial score (nSPS) is 20.7. The second kappa shape index (κ2) is 7.55. The molecule has 0 N–H and O–H groups in total. The predicted octanol–water partition coefficient (Wildman–Crippen LogP) is 4.80. The van der Waals surface area contributed by atoms with Crippen molar-refractivity contribution in [2.45, 2.75) is 44.6 Å². The zero-order valence-corrected chi connectivity index (χ0v) is 13.5. The second-order valence-corrected chi connectivity index (χ2v) is 6.43. The van der Waals surface area contributed by atoms with Crippen molar-refractivity contribution in [1.29, 1.82) is 0 Å². The highest BCUT2D eigenvalue weighted by atomic mass is 15.2. The van der Waals surface area contributed by atoms with E-state index >= 15 is 0 Å². The minimum Gasteiger partial charge on any atom is -0.296 e. The molecule has 1 saturated heterocycles. The zero-order chi connectivity index (χ0) is 15.2. The third-order valence-corrected chi connectivity index (χ3v) is 4.90. The Kier molecular flexibility index (Phi) is 5.23. The van der Waals surface area contributed by atoms with Crippen LogP contribution >= 0.6 is 0 Å². The second-order valence-electron chi connectivity index (χ2n) is 6.43. The first kappa shape index (κ1) is 15.2. The average molecular weight is 294 g/mol. The summed E-state index contributed by atoms with van der Waals surface area (Å²) in [6.45, 7) is 4.75. The van der Waals surface area contributed by atoms with Gasteiger partial charge in [-0.15, -0.1) is 0 Å². The molecular formula is C20H26N2. The van der Waals surface area contributed by atoms with Gasteiger partial charge in [-0.1, -0.05) is 49.7 Å². The number of hydrogen-bond acceptors (Lipinski definition) is 2. The van der Waals surface area contributed by atoms with Gasteiger partial charge in [0.15, 0.2) is 0 Å². The predicted molar refractivity (Wildman–Crippen MR) is 91.9 cm³/mol. The highest BCUT2D eigenvalue weighted by Crippen LogP contribution is 2.31. The van der Waals surface area contributed by atoms with Crippen molar-refractivity contribution in [3.63, 3.8) is 0 Å². The molecule has 0 aliphatic carbocycles. The molecule has 116 valence electrons. The van der Waals surface area contributed by atoms with Gasteiger partial charge in [0.25, 0.3) is 0 Å². The van der Waals surface area contributed by atoms with Gasteiger partial charge in [-0.05, 0) is 55.5 Å². The quantitative estimate of drug-likeness (QED) is 0.787. The van der Waals surface area contributed by atoms with Crippen LogP contribution in [0.5, 0.6) is 0 Å². The first-order valence-electron chi connectivity index (χ1n) is 8.53. The Morgan fingerprint density at radius 3 is 2.77 bits per heavy atom. The van der Waals surface area contributed by atoms with Gasteiger partial charge in [-0.25, -0.2) is 0 Å². The van der Waals surface area contributed by atoms with Crippen LogP contribution in [0.1, 0.15) is 55.7 Å². The van der Waals surface area contributed by atoms with Crippen molar-refractivity contribution >= 4 is 0 Å². The number of benzene rings is 1. The fraction of sp³-hybridized carbons (Fsp3) is 0.450. The Bertz CT molecular complexity index is 552. The number of piperidine rings is 1. The monoisotopic (exact) mass is 294 g/mol. The Morgan fingerprint density at radius 1 is 1.14 bits per heavy atom. The molecule has 1 aromatic carbocycles. The maximum Gasteiger partial charge on any atom is 0.0363 e. The van der Waals surface area contributed by atoms with Gasteiger partial charge in [-0.2, -0.15) is 0 Å². The van der Waals surface area contributed by atoms with E-state index in [4.69, 9.17) is 0 Å². The van der Waals surface area contributed by atoms with Crippen LogP contribution < -0.4 is 0 Å². The molecular weight excluding hydrogens is 268 g/mol. The van der Waals surface area contributed by atoms with E-state index in [1.807, 2.05) is 12.4 Å². The maximum absolute atomic E-state index is 4.31. The van der Waals surface area contributed by atoms with Crippen LogP contribution in [0.25, 0.3) is 0 Å². The van der Waals surface area contributed by atoms with E-state index in [-0.39, 0.29) is 0 Å². The van der Waals surface area contributed by atoms with E-state index in [1.54, 1.807) is 0 Å². The minimum atomic E-state index is 0.561. The molecule has 2 aromatic rings. The molecule has 0 unspecified atom stereocenters. The number of nitrogens with zero attached hydrogens (tertiary/aromatic N) is 2. The van der Waals surface area contributed by atoms with E-state index in [0.717, 1.165) is 0 Å². The summed E-state index contributed by atoms with van der Waals surface area (Å²) in [4.78, 5) is 6.98. The third kappa shape index (κ3) is 3.75. The van der Waals surface area contributed by atoms with Crippen LogP contribution in [0.4, 0.5) is 0 Å². The van der Waals surface area contributed by atoms with E-state index in [0.29, 0.717) is 12.0 Å². The first-order valence-corrected chi connectivity index (χ1v) is 8.53. The van der Waals surface area contributed by atoms with Crippen LogP contribution in [-0.4, -0.2) is 23.0 Å². The summed E-state index contributed by atoms with van der Waals surface area (Å²) in [7, 11) is 0. The number of pyridine rings is 1. The van der Waals surface area contributed by atoms with E-state index in [1.165, 1.54) is 49.9 Å². The van der Waals surface area contributed by atoms with Gasteiger partial charge < -0.3 is 0 Å². The smallest absolute Gasteiger partial charge is 0.0363 e. The van der Waals surface area contributed by atoms with Crippen LogP contribution in [-0.2, 0) is 0 Å². The number of likely N-dealkylation sites (tertiary alicyclic amines) is 1. The van der Waals surface area contributed by atoms with Gasteiger partial charge in [0.05, 0.1) is 0 Å². The molecule has 0 radical (unpaired) electrons. The molecule has 1 aromatic heterocycles. The van der Waals surface area contributed by atoms with Crippen LogP contribution in [0, 0.1) is 0 Å². The average Bonchev–Trinajstić information content (AvgIpc) is 2.61. The largest absolute Gasteiger partial charge is 0.296 e. The summed E-state index contributed by atoms with van der Waals surface area (Å²) in [5, 5.41) is 0. The Hall–Kier alpha value is -1.67. The lowest BCUT2D eigenvalue weighted by Gasteiger charge is -2.36. The molecule has 0 spiro atoms. The number of rotatable bonds is 5. The SMILES string of the molecule is C[C@H](CCN1CCCC[C@@H]1c1cccnc1)c1ccccc1. The Labute approximate surface area is 134 Å². The topological polar surface area (TPSA) is 16.1 Å². The molecule has 2 atom stereocenters. The van der Waals surface area contributed by atoms with Crippen molar-refractivity contribution in [2.24, 2.45) is 0 Å². The molecule has 0 saturated carbocycles. The first-order chi connectivity index (χ1) is 10.8. The summed E-state index contributed by atoms with van der Waals surface area (Å²) in [6, 6.07) is 15.7. The van der Waals surface area contributed by atoms with Gasteiger partial charge >= 0.3 is 0 Å². The molecule has 2 heterocycles. The molecule has 1 aliphatic rings. The lowest BCUT2D eigenvalue weighted by atomic mass is 9.93. The summed E-state index contributed by atoms with van der Waals surface area (Å²) in [5.74, 6) is 0.623. The standard InChI is InChI=1S/C20H26N2/c1-17(18-8-3-2-4-9-18)12-15-22-14-6-5-11-20(22)19-10-7-13-21-16-19/h2-4,7-10,13,16-17,20H,5-6,11-12,14-15H2,1H3/t17-,20-/m1/s1. The molecule has 0 amide bonds. The molecule has 2 nitrogen and oxygen atoms in total. The van der Waals surface area contributed by atoms with Gasteiger partial charge in [-0.3, -0.25) is 9.88 Å². The summed E-state index contributed by atoms with van der Waals surface area (Å²) >= 11 is 0. The molecule has 3 rings (SSSR count).